The molecule has 0 aliphatic rings. The molecule has 0 bridgehead atoms. The molecule has 3 aromatic rings. The molecular weight excluding hydrogens is 446 g/mol. The van der Waals surface area contributed by atoms with Crippen LogP contribution in [0.5, 0.6) is 17.2 Å². The molecule has 9 heteroatoms. The molecule has 8 nitrogen and oxygen atoms in total. The van der Waals surface area contributed by atoms with E-state index in [9.17, 15) is 9.59 Å². The van der Waals surface area contributed by atoms with Crippen LogP contribution in [0.4, 0.5) is 5.69 Å². The van der Waals surface area contributed by atoms with Crippen LogP contribution in [0.1, 0.15) is 21.5 Å². The van der Waals surface area contributed by atoms with Crippen molar-refractivity contribution in [1.82, 2.24) is 0 Å². The van der Waals surface area contributed by atoms with Gasteiger partial charge in [-0.3, -0.25) is 9.59 Å². The lowest BCUT2D eigenvalue weighted by atomic mass is 10.1. The fourth-order valence-corrected chi connectivity index (χ4v) is 3.16. The number of anilines is 1. The van der Waals surface area contributed by atoms with Crippen LogP contribution in [-0.2, 0) is 11.4 Å². The first-order chi connectivity index (χ1) is 15.9. The highest BCUT2D eigenvalue weighted by Gasteiger charge is 2.17. The lowest BCUT2D eigenvalue weighted by Gasteiger charge is -2.14. The first kappa shape index (κ1) is 23.4. The van der Waals surface area contributed by atoms with Gasteiger partial charge in [-0.1, -0.05) is 29.8 Å². The monoisotopic (exact) mass is 465 g/mol. The summed E-state index contributed by atoms with van der Waals surface area (Å²) in [5, 5.41) is 11.9. The van der Waals surface area contributed by atoms with Crippen LogP contribution in [0.25, 0.3) is 0 Å². The van der Waals surface area contributed by atoms with Crippen molar-refractivity contribution in [2.45, 2.75) is 6.61 Å². The zero-order valence-corrected chi connectivity index (χ0v) is 18.4. The number of carbonyl (C=O) groups excluding carboxylic acids is 2. The molecule has 0 fully saturated rings. The minimum atomic E-state index is -0.671. The Morgan fingerprint density at radius 1 is 1.09 bits per heavy atom. The van der Waals surface area contributed by atoms with Crippen LogP contribution in [0.15, 0.2) is 60.7 Å². The molecule has 0 radical (unpaired) electrons. The van der Waals surface area contributed by atoms with Gasteiger partial charge < -0.3 is 25.3 Å². The number of nitrogens with zero attached hydrogens (tertiary/aromatic N) is 1. The number of methoxy groups -OCH3 is 1. The number of amides is 2. The molecule has 0 saturated carbocycles. The predicted octanol–water partition coefficient (Wildman–Crippen LogP) is 3.92. The van der Waals surface area contributed by atoms with E-state index in [0.29, 0.717) is 17.0 Å². The molecule has 0 saturated heterocycles. The fraction of sp³-hybridized carbons (Fsp3) is 0.125. The minimum Gasteiger partial charge on any atom is -0.493 e. The second-order valence-electron chi connectivity index (χ2n) is 6.83. The van der Waals surface area contributed by atoms with Crippen LogP contribution in [-0.4, -0.2) is 25.5 Å². The molecule has 0 aromatic heterocycles. The molecule has 0 aliphatic carbocycles. The third-order valence-electron chi connectivity index (χ3n) is 4.40. The van der Waals surface area contributed by atoms with Crippen molar-refractivity contribution in [2.75, 3.05) is 19.0 Å². The van der Waals surface area contributed by atoms with E-state index >= 15 is 0 Å². The van der Waals surface area contributed by atoms with Crippen molar-refractivity contribution in [3.05, 3.63) is 82.4 Å². The highest BCUT2D eigenvalue weighted by Crippen LogP contribution is 2.36. The van der Waals surface area contributed by atoms with Crippen LogP contribution in [0.2, 0.25) is 5.02 Å². The summed E-state index contributed by atoms with van der Waals surface area (Å²) in [4.78, 5) is 23.7. The van der Waals surface area contributed by atoms with Gasteiger partial charge in [0.25, 0.3) is 11.8 Å². The number of hydrogen-bond acceptors (Lipinski definition) is 6. The molecule has 3 aromatic carbocycles. The van der Waals surface area contributed by atoms with Crippen molar-refractivity contribution in [2.24, 2.45) is 5.73 Å². The normalized spacial score (nSPS) is 10.1. The number of rotatable bonds is 9. The van der Waals surface area contributed by atoms with E-state index in [2.05, 4.69) is 11.4 Å². The quantitative estimate of drug-likeness (QED) is 0.493. The van der Waals surface area contributed by atoms with Gasteiger partial charge in [-0.05, 0) is 42.0 Å². The maximum absolute atomic E-state index is 12.8. The summed E-state index contributed by atoms with van der Waals surface area (Å²) in [5.41, 5.74) is 7.23. The molecule has 3 N–H and O–H groups in total. The number of ether oxygens (including phenoxy) is 3. The van der Waals surface area contributed by atoms with Crippen LogP contribution >= 0.6 is 11.6 Å². The van der Waals surface area contributed by atoms with Crippen molar-refractivity contribution >= 4 is 29.1 Å². The summed E-state index contributed by atoms with van der Waals surface area (Å²) in [6.45, 7) is -0.109. The van der Waals surface area contributed by atoms with Gasteiger partial charge in [0.2, 0.25) is 0 Å². The second kappa shape index (κ2) is 10.9. The number of nitriles is 1. The Hall–Kier alpha value is -4.22. The summed E-state index contributed by atoms with van der Waals surface area (Å²) in [5.74, 6) is -0.262. The number of primary amides is 1. The molecule has 2 amide bonds. The molecule has 3 rings (SSSR count). The molecule has 33 heavy (non-hydrogen) atoms. The van der Waals surface area contributed by atoms with E-state index in [4.69, 9.17) is 36.8 Å². The largest absolute Gasteiger partial charge is 0.493 e. The van der Waals surface area contributed by atoms with E-state index in [1.54, 1.807) is 42.5 Å². The van der Waals surface area contributed by atoms with Crippen LogP contribution in [0.3, 0.4) is 0 Å². The minimum absolute atomic E-state index is 0.0948. The number of nitrogens with two attached hydrogens (primary N) is 1. The molecule has 0 heterocycles. The van der Waals surface area contributed by atoms with Gasteiger partial charge in [0.05, 0.1) is 23.8 Å². The summed E-state index contributed by atoms with van der Waals surface area (Å²) in [7, 11) is 1.39. The summed E-state index contributed by atoms with van der Waals surface area (Å²) in [6.07, 6.45) is 0. The SMILES string of the molecule is COc1cc(C(=O)Nc2cccc(OCc3cccc(C#N)c3)c2)cc(Cl)c1OCC(N)=O. The van der Waals surface area contributed by atoms with Gasteiger partial charge >= 0.3 is 0 Å². The molecule has 0 aliphatic heterocycles. The Morgan fingerprint density at radius 3 is 2.61 bits per heavy atom. The van der Waals surface area contributed by atoms with Gasteiger partial charge in [0, 0.05) is 17.3 Å². The van der Waals surface area contributed by atoms with E-state index in [1.807, 2.05) is 6.07 Å². The average Bonchev–Trinajstić information content (AvgIpc) is 2.81. The fourth-order valence-electron chi connectivity index (χ4n) is 2.90. The zero-order chi connectivity index (χ0) is 23.8. The maximum Gasteiger partial charge on any atom is 0.255 e. The molecule has 0 unspecified atom stereocenters. The third-order valence-corrected chi connectivity index (χ3v) is 4.68. The first-order valence-corrected chi connectivity index (χ1v) is 10.1. The molecule has 0 atom stereocenters. The second-order valence-corrected chi connectivity index (χ2v) is 7.23. The highest BCUT2D eigenvalue weighted by atomic mass is 35.5. The standard InChI is InChI=1S/C24H20ClN3O5/c1-31-21-10-17(9-20(25)23(21)33-14-22(27)29)24(30)28-18-6-3-7-19(11-18)32-13-16-5-2-4-15(8-16)12-26/h2-11H,13-14H2,1H3,(H2,27,29)(H,28,30). The summed E-state index contributed by atoms with van der Waals surface area (Å²) in [6, 6.07) is 18.9. The average molecular weight is 466 g/mol. The summed E-state index contributed by atoms with van der Waals surface area (Å²) >= 11 is 6.21. The summed E-state index contributed by atoms with van der Waals surface area (Å²) < 4.78 is 16.3. The topological polar surface area (TPSA) is 124 Å². The van der Waals surface area contributed by atoms with E-state index in [0.717, 1.165) is 5.56 Å². The predicted molar refractivity (Wildman–Crippen MR) is 123 cm³/mol. The van der Waals surface area contributed by atoms with Crippen molar-refractivity contribution in [3.8, 4) is 23.3 Å². The Kier molecular flexibility index (Phi) is 7.73. The number of nitrogens with one attached hydrogen (secondary N) is 1. The van der Waals surface area contributed by atoms with Gasteiger partial charge in [0.15, 0.2) is 18.1 Å². The van der Waals surface area contributed by atoms with Gasteiger partial charge in [-0.25, -0.2) is 0 Å². The highest BCUT2D eigenvalue weighted by molar-refractivity contribution is 6.32. The van der Waals surface area contributed by atoms with Crippen molar-refractivity contribution in [1.29, 1.82) is 5.26 Å². The number of hydrogen-bond donors (Lipinski definition) is 2. The Labute approximate surface area is 195 Å². The number of benzene rings is 3. The number of halogens is 1. The molecular formula is C24H20ClN3O5. The molecule has 0 spiro atoms. The smallest absolute Gasteiger partial charge is 0.255 e. The van der Waals surface area contributed by atoms with E-state index in [-0.39, 0.29) is 35.3 Å². The molecule has 168 valence electrons. The lowest BCUT2D eigenvalue weighted by molar-refractivity contribution is -0.119. The van der Waals surface area contributed by atoms with Crippen LogP contribution in [0, 0.1) is 11.3 Å². The van der Waals surface area contributed by atoms with E-state index in [1.165, 1.54) is 19.2 Å². The third kappa shape index (κ3) is 6.38. The Bertz CT molecular complexity index is 1220. The van der Waals surface area contributed by atoms with Gasteiger partial charge in [-0.2, -0.15) is 5.26 Å². The van der Waals surface area contributed by atoms with Crippen molar-refractivity contribution in [3.63, 3.8) is 0 Å². The Morgan fingerprint density at radius 2 is 1.88 bits per heavy atom. The van der Waals surface area contributed by atoms with Crippen molar-refractivity contribution < 1.29 is 23.8 Å². The maximum atomic E-state index is 12.8. The zero-order valence-electron chi connectivity index (χ0n) is 17.6. The Balaban J connectivity index is 1.70. The van der Waals surface area contributed by atoms with Gasteiger partial charge in [0.1, 0.15) is 12.4 Å². The van der Waals surface area contributed by atoms with Gasteiger partial charge in [-0.15, -0.1) is 0 Å². The van der Waals surface area contributed by atoms with Crippen LogP contribution < -0.4 is 25.3 Å². The lowest BCUT2D eigenvalue weighted by Crippen LogP contribution is -2.20. The number of carbonyl (C=O) groups is 2. The first-order valence-electron chi connectivity index (χ1n) is 9.71. The van der Waals surface area contributed by atoms with E-state index < -0.39 is 11.8 Å².